The molecule has 0 saturated carbocycles. The fraction of sp³-hybridized carbons (Fsp3) is 0.750. The van der Waals surface area contributed by atoms with Crippen molar-refractivity contribution in [3.63, 3.8) is 0 Å². The smallest absolute Gasteiger partial charge is 0.375 e. The molecule has 0 spiro atoms. The van der Waals surface area contributed by atoms with Crippen LogP contribution in [0.5, 0.6) is 0 Å². The van der Waals surface area contributed by atoms with Crippen LogP contribution in [-0.2, 0) is 9.59 Å². The van der Waals surface area contributed by atoms with Gasteiger partial charge in [-0.05, 0) is 0 Å². The number of Topliss-reactive ketones (excluding diaryl/α,β-unsaturated/α-hetero) is 1. The van der Waals surface area contributed by atoms with E-state index in [2.05, 4.69) is 0 Å². The molecule has 0 aromatic heterocycles. The molecule has 0 bridgehead atoms. The zero-order valence-corrected chi connectivity index (χ0v) is 8.54. The number of carbonyl (C=O) groups is 2. The number of rotatable bonds is 7. The van der Waals surface area contributed by atoms with Gasteiger partial charge in [0.2, 0.25) is 0 Å². The number of aliphatic hydroxyl groups excluding tert-OH is 6. The summed E-state index contributed by atoms with van der Waals surface area (Å²) >= 11 is 0. The third-order valence-electron chi connectivity index (χ3n) is 2.08. The molecule has 0 rings (SSSR count). The Balaban J connectivity index is 4.64. The molecule has 0 saturated heterocycles. The van der Waals surface area contributed by atoms with E-state index in [9.17, 15) is 19.8 Å². The van der Waals surface area contributed by atoms with Gasteiger partial charge >= 0.3 is 5.97 Å². The van der Waals surface area contributed by atoms with Gasteiger partial charge < -0.3 is 35.7 Å². The molecule has 1 unspecified atom stereocenters. The van der Waals surface area contributed by atoms with Crippen LogP contribution in [-0.4, -0.2) is 84.6 Å². The Kier molecular flexibility index (Phi) is 6.16. The molecule has 5 atom stereocenters. The lowest BCUT2D eigenvalue weighted by atomic mass is 9.97. The summed E-state index contributed by atoms with van der Waals surface area (Å²) in [5.74, 6) is -3.80. The van der Waals surface area contributed by atoms with Crippen molar-refractivity contribution in [1.29, 1.82) is 0 Å². The Hall–Kier alpha value is -1.10. The largest absolute Gasteiger partial charge is 0.475 e. The van der Waals surface area contributed by atoms with Gasteiger partial charge in [0, 0.05) is 0 Å². The molecule has 17 heavy (non-hydrogen) atoms. The Bertz CT molecular complexity index is 278. The molecule has 9 nitrogen and oxygen atoms in total. The van der Waals surface area contributed by atoms with Crippen molar-refractivity contribution in [2.75, 3.05) is 6.61 Å². The van der Waals surface area contributed by atoms with Gasteiger partial charge in [-0.1, -0.05) is 0 Å². The van der Waals surface area contributed by atoms with E-state index in [1.54, 1.807) is 0 Å². The molecule has 0 radical (unpaired) electrons. The SMILES string of the molecule is O=C(O)C(=O)[C@@H](O)[C@@H](O)[C@@H](O)[C@H](O)C(O)CO. The fourth-order valence-electron chi connectivity index (χ4n) is 1.01. The number of hydrogen-bond donors (Lipinski definition) is 7. The van der Waals surface area contributed by atoms with Crippen LogP contribution in [0.3, 0.4) is 0 Å². The van der Waals surface area contributed by atoms with Crippen LogP contribution in [0.2, 0.25) is 0 Å². The van der Waals surface area contributed by atoms with Gasteiger partial charge in [0.25, 0.3) is 5.78 Å². The monoisotopic (exact) mass is 254 g/mol. The minimum atomic E-state index is -2.46. The van der Waals surface area contributed by atoms with E-state index in [0.29, 0.717) is 0 Å². The minimum Gasteiger partial charge on any atom is -0.475 e. The molecule has 0 aromatic carbocycles. The van der Waals surface area contributed by atoms with Crippen LogP contribution >= 0.6 is 0 Å². The maximum Gasteiger partial charge on any atom is 0.375 e. The van der Waals surface area contributed by atoms with Crippen molar-refractivity contribution in [2.24, 2.45) is 0 Å². The molecule has 0 aliphatic carbocycles. The topological polar surface area (TPSA) is 176 Å². The van der Waals surface area contributed by atoms with Crippen molar-refractivity contribution < 1.29 is 45.3 Å². The van der Waals surface area contributed by atoms with Crippen LogP contribution in [0.1, 0.15) is 0 Å². The van der Waals surface area contributed by atoms with Crippen LogP contribution in [0, 0.1) is 0 Å². The normalized spacial score (nSPS) is 20.1. The first-order valence-corrected chi connectivity index (χ1v) is 4.52. The van der Waals surface area contributed by atoms with Gasteiger partial charge in [-0.2, -0.15) is 0 Å². The predicted octanol–water partition coefficient (Wildman–Crippen LogP) is -4.56. The summed E-state index contributed by atoms with van der Waals surface area (Å²) in [4.78, 5) is 20.9. The second-order valence-corrected chi connectivity index (χ2v) is 3.34. The predicted molar refractivity (Wildman–Crippen MR) is 49.8 cm³/mol. The van der Waals surface area contributed by atoms with Gasteiger partial charge in [0.1, 0.15) is 24.4 Å². The van der Waals surface area contributed by atoms with E-state index in [-0.39, 0.29) is 0 Å². The number of ketones is 1. The maximum absolute atomic E-state index is 10.7. The first-order valence-electron chi connectivity index (χ1n) is 4.52. The highest BCUT2D eigenvalue weighted by atomic mass is 16.4. The summed E-state index contributed by atoms with van der Waals surface area (Å²) in [7, 11) is 0. The Morgan fingerprint density at radius 1 is 0.882 bits per heavy atom. The van der Waals surface area contributed by atoms with Gasteiger partial charge in [0.15, 0.2) is 6.10 Å². The summed E-state index contributed by atoms with van der Waals surface area (Å²) in [6.07, 6.45) is -10.8. The van der Waals surface area contributed by atoms with E-state index in [1.807, 2.05) is 0 Å². The third kappa shape index (κ3) is 4.00. The maximum atomic E-state index is 10.7. The van der Waals surface area contributed by atoms with E-state index in [1.165, 1.54) is 0 Å². The lowest BCUT2D eigenvalue weighted by molar-refractivity contribution is -0.166. The summed E-state index contributed by atoms with van der Waals surface area (Å²) in [6.45, 7) is -0.937. The number of carboxylic acid groups (broad SMARTS) is 1. The summed E-state index contributed by atoms with van der Waals surface area (Å²) in [5.41, 5.74) is 0. The van der Waals surface area contributed by atoms with Crippen LogP contribution in [0.15, 0.2) is 0 Å². The molecule has 100 valence electrons. The van der Waals surface area contributed by atoms with Crippen LogP contribution < -0.4 is 0 Å². The second kappa shape index (κ2) is 6.59. The lowest BCUT2D eigenvalue weighted by Gasteiger charge is -2.27. The molecule has 0 heterocycles. The minimum absolute atomic E-state index is 0.937. The van der Waals surface area contributed by atoms with Crippen molar-refractivity contribution in [2.45, 2.75) is 30.5 Å². The quantitative estimate of drug-likeness (QED) is 0.220. The van der Waals surface area contributed by atoms with E-state index >= 15 is 0 Å². The Morgan fingerprint density at radius 2 is 1.35 bits per heavy atom. The summed E-state index contributed by atoms with van der Waals surface area (Å²) in [6, 6.07) is 0. The molecule has 9 heteroatoms. The zero-order valence-electron chi connectivity index (χ0n) is 8.54. The third-order valence-corrected chi connectivity index (χ3v) is 2.08. The fourth-order valence-corrected chi connectivity index (χ4v) is 1.01. The van der Waals surface area contributed by atoms with Crippen molar-refractivity contribution in [1.82, 2.24) is 0 Å². The van der Waals surface area contributed by atoms with Crippen molar-refractivity contribution in [3.05, 3.63) is 0 Å². The second-order valence-electron chi connectivity index (χ2n) is 3.34. The molecule has 0 fully saturated rings. The highest BCUT2D eigenvalue weighted by molar-refractivity contribution is 6.34. The average molecular weight is 254 g/mol. The molecular weight excluding hydrogens is 240 g/mol. The standard InChI is InChI=1S/C8H14O9/c9-1-2(10)3(11)4(12)5(13)6(14)7(15)8(16)17/h2-6,9-14H,1H2,(H,16,17)/t2?,3-,4+,5+,6+/m1/s1. The number of carbonyl (C=O) groups excluding carboxylic acids is 1. The molecular formula is C8H14O9. The molecule has 0 aliphatic heterocycles. The summed E-state index contributed by atoms with van der Waals surface area (Å²) < 4.78 is 0. The number of carboxylic acids is 1. The van der Waals surface area contributed by atoms with E-state index in [4.69, 9.17) is 25.5 Å². The van der Waals surface area contributed by atoms with Crippen LogP contribution in [0.25, 0.3) is 0 Å². The number of aliphatic hydroxyl groups is 6. The molecule has 0 aliphatic rings. The van der Waals surface area contributed by atoms with Gasteiger partial charge in [-0.15, -0.1) is 0 Å². The highest BCUT2D eigenvalue weighted by Gasteiger charge is 2.38. The Morgan fingerprint density at radius 3 is 1.71 bits per heavy atom. The van der Waals surface area contributed by atoms with Gasteiger partial charge in [-0.3, -0.25) is 4.79 Å². The molecule has 0 aromatic rings. The number of hydrogen-bond acceptors (Lipinski definition) is 8. The van der Waals surface area contributed by atoms with E-state index < -0.39 is 48.9 Å². The van der Waals surface area contributed by atoms with Gasteiger partial charge in [-0.25, -0.2) is 4.79 Å². The molecule has 0 amide bonds. The first-order chi connectivity index (χ1) is 7.73. The average Bonchev–Trinajstić information content (AvgIpc) is 2.32. The van der Waals surface area contributed by atoms with Crippen molar-refractivity contribution in [3.8, 4) is 0 Å². The van der Waals surface area contributed by atoms with Crippen LogP contribution in [0.4, 0.5) is 0 Å². The summed E-state index contributed by atoms with van der Waals surface area (Å²) in [5, 5.41) is 62.2. The van der Waals surface area contributed by atoms with E-state index in [0.717, 1.165) is 0 Å². The Labute approximate surface area is 95.2 Å². The van der Waals surface area contributed by atoms with Gasteiger partial charge in [0.05, 0.1) is 6.61 Å². The zero-order chi connectivity index (χ0) is 13.7. The molecule has 7 N–H and O–H groups in total. The lowest BCUT2D eigenvalue weighted by Crippen LogP contribution is -2.52. The van der Waals surface area contributed by atoms with Crippen molar-refractivity contribution >= 4 is 11.8 Å². The highest BCUT2D eigenvalue weighted by Crippen LogP contribution is 2.09. The first kappa shape index (κ1) is 15.9. The number of aliphatic carboxylic acids is 1.